The number of hydrogen-bond acceptors (Lipinski definition) is 4. The number of halogens is 1. The molecule has 0 saturated heterocycles. The van der Waals surface area contributed by atoms with Gasteiger partial charge in [0.1, 0.15) is 5.82 Å². The maximum absolute atomic E-state index is 13.1. The van der Waals surface area contributed by atoms with Gasteiger partial charge in [0.2, 0.25) is 11.8 Å². The van der Waals surface area contributed by atoms with Gasteiger partial charge in [0.05, 0.1) is 16.6 Å². The quantitative estimate of drug-likeness (QED) is 0.694. The van der Waals surface area contributed by atoms with Crippen molar-refractivity contribution < 1.29 is 9.59 Å². The molecule has 3 rings (SSSR count). The Morgan fingerprint density at radius 2 is 1.67 bits per heavy atom. The van der Waals surface area contributed by atoms with Crippen molar-refractivity contribution in [2.75, 3.05) is 6.54 Å². The Morgan fingerprint density at radius 1 is 1.04 bits per heavy atom. The number of aromatic nitrogens is 2. The molecule has 2 amide bonds. The van der Waals surface area contributed by atoms with Crippen LogP contribution in [0, 0.1) is 0 Å². The van der Waals surface area contributed by atoms with E-state index in [0.29, 0.717) is 27.4 Å². The number of carbonyl (C=O) groups is 2. The number of rotatable bonds is 4. The van der Waals surface area contributed by atoms with Gasteiger partial charge in [-0.25, -0.2) is 4.98 Å². The van der Waals surface area contributed by atoms with Crippen molar-refractivity contribution >= 4 is 34.3 Å². The zero-order chi connectivity index (χ0) is 19.6. The van der Waals surface area contributed by atoms with E-state index in [0.717, 1.165) is 4.90 Å². The van der Waals surface area contributed by atoms with Crippen molar-refractivity contribution in [2.24, 2.45) is 0 Å². The van der Waals surface area contributed by atoms with E-state index in [4.69, 9.17) is 11.6 Å². The first-order chi connectivity index (χ1) is 12.9. The molecule has 0 unspecified atom stereocenters. The standard InChI is InChI=1S/C20H18ClN3O3/c1-13(25)23(14(2)26)12-11-19-22-18-6-4-3-5-17(18)20(27)24(19)16-9-7-15(21)8-10-16/h3-10H,11-12H2,1-2H3. The first-order valence-corrected chi connectivity index (χ1v) is 8.81. The summed E-state index contributed by atoms with van der Waals surface area (Å²) in [5, 5.41) is 1.05. The highest BCUT2D eigenvalue weighted by molar-refractivity contribution is 6.30. The number of nitrogens with zero attached hydrogens (tertiary/aromatic N) is 3. The summed E-state index contributed by atoms with van der Waals surface area (Å²) in [7, 11) is 0. The summed E-state index contributed by atoms with van der Waals surface area (Å²) in [5.74, 6) is -0.221. The second-order valence-corrected chi connectivity index (χ2v) is 6.54. The molecule has 1 heterocycles. The molecule has 3 aromatic rings. The van der Waals surface area contributed by atoms with E-state index in [1.807, 2.05) is 6.07 Å². The van der Waals surface area contributed by atoms with Crippen LogP contribution < -0.4 is 5.56 Å². The first-order valence-electron chi connectivity index (χ1n) is 8.44. The van der Waals surface area contributed by atoms with Crippen LogP contribution in [0.3, 0.4) is 0 Å². The van der Waals surface area contributed by atoms with Crippen LogP contribution in [0.2, 0.25) is 5.02 Å². The van der Waals surface area contributed by atoms with Crippen LogP contribution in [0.15, 0.2) is 53.3 Å². The Morgan fingerprint density at radius 3 is 2.30 bits per heavy atom. The average molecular weight is 384 g/mol. The third-order valence-electron chi connectivity index (χ3n) is 4.25. The van der Waals surface area contributed by atoms with Crippen molar-refractivity contribution in [2.45, 2.75) is 20.3 Å². The number of amides is 2. The van der Waals surface area contributed by atoms with Crippen LogP contribution in [0.5, 0.6) is 0 Å². The summed E-state index contributed by atoms with van der Waals surface area (Å²) in [4.78, 5) is 42.2. The van der Waals surface area contributed by atoms with Crippen LogP contribution >= 0.6 is 11.6 Å². The Balaban J connectivity index is 2.13. The van der Waals surface area contributed by atoms with E-state index < -0.39 is 0 Å². The van der Waals surface area contributed by atoms with E-state index in [1.54, 1.807) is 42.5 Å². The van der Waals surface area contributed by atoms with Crippen LogP contribution in [-0.2, 0) is 16.0 Å². The molecule has 0 aliphatic heterocycles. The van der Waals surface area contributed by atoms with Gasteiger partial charge in [0.15, 0.2) is 0 Å². The zero-order valence-electron chi connectivity index (χ0n) is 15.0. The lowest BCUT2D eigenvalue weighted by molar-refractivity contribution is -0.142. The lowest BCUT2D eigenvalue weighted by Crippen LogP contribution is -2.36. The fraction of sp³-hybridized carbons (Fsp3) is 0.200. The molecule has 0 aliphatic rings. The lowest BCUT2D eigenvalue weighted by atomic mass is 10.2. The van der Waals surface area contributed by atoms with Crippen molar-refractivity contribution in [3.63, 3.8) is 0 Å². The van der Waals surface area contributed by atoms with Crippen molar-refractivity contribution in [3.8, 4) is 5.69 Å². The van der Waals surface area contributed by atoms with Crippen LogP contribution in [-0.4, -0.2) is 32.8 Å². The van der Waals surface area contributed by atoms with Gasteiger partial charge in [-0.3, -0.25) is 23.9 Å². The van der Waals surface area contributed by atoms with Gasteiger partial charge in [0.25, 0.3) is 5.56 Å². The summed E-state index contributed by atoms with van der Waals surface area (Å²) in [6.45, 7) is 2.81. The van der Waals surface area contributed by atoms with Crippen LogP contribution in [0.1, 0.15) is 19.7 Å². The third-order valence-corrected chi connectivity index (χ3v) is 4.50. The molecule has 0 radical (unpaired) electrons. The largest absolute Gasteiger partial charge is 0.283 e. The summed E-state index contributed by atoms with van der Waals surface area (Å²) < 4.78 is 1.50. The maximum Gasteiger partial charge on any atom is 0.265 e. The first kappa shape index (κ1) is 18.8. The summed E-state index contributed by atoms with van der Waals surface area (Å²) in [6, 6.07) is 13.9. The molecule has 0 saturated carbocycles. The molecule has 0 N–H and O–H groups in total. The molecule has 0 aliphatic carbocycles. The maximum atomic E-state index is 13.1. The van der Waals surface area contributed by atoms with Crippen molar-refractivity contribution in [1.82, 2.24) is 14.5 Å². The van der Waals surface area contributed by atoms with Crippen LogP contribution in [0.4, 0.5) is 0 Å². The van der Waals surface area contributed by atoms with Gasteiger partial charge in [-0.05, 0) is 36.4 Å². The van der Waals surface area contributed by atoms with Gasteiger partial charge in [-0.2, -0.15) is 0 Å². The molecular formula is C20H18ClN3O3. The minimum Gasteiger partial charge on any atom is -0.283 e. The highest BCUT2D eigenvalue weighted by Gasteiger charge is 2.17. The number of carbonyl (C=O) groups excluding carboxylic acids is 2. The molecule has 0 bridgehead atoms. The Bertz CT molecular complexity index is 1060. The predicted octanol–water partition coefficient (Wildman–Crippen LogP) is 2.98. The molecule has 0 fully saturated rings. The minimum atomic E-state index is -0.344. The SMILES string of the molecule is CC(=O)N(CCc1nc2ccccc2c(=O)n1-c1ccc(Cl)cc1)C(C)=O. The zero-order valence-corrected chi connectivity index (χ0v) is 15.7. The average Bonchev–Trinajstić information content (AvgIpc) is 2.63. The normalized spacial score (nSPS) is 10.8. The van der Waals surface area contributed by atoms with E-state index in [9.17, 15) is 14.4 Å². The molecule has 0 spiro atoms. The Hall–Kier alpha value is -2.99. The van der Waals surface area contributed by atoms with E-state index in [1.165, 1.54) is 18.4 Å². The van der Waals surface area contributed by atoms with Gasteiger partial charge in [-0.1, -0.05) is 23.7 Å². The Labute approximate surface area is 161 Å². The molecule has 27 heavy (non-hydrogen) atoms. The van der Waals surface area contributed by atoms with Gasteiger partial charge in [0, 0.05) is 31.8 Å². The molecular weight excluding hydrogens is 366 g/mol. The van der Waals surface area contributed by atoms with E-state index in [-0.39, 0.29) is 30.3 Å². The number of para-hydroxylation sites is 1. The van der Waals surface area contributed by atoms with E-state index in [2.05, 4.69) is 4.98 Å². The molecule has 2 aromatic carbocycles. The van der Waals surface area contributed by atoms with Gasteiger partial charge < -0.3 is 0 Å². The van der Waals surface area contributed by atoms with Gasteiger partial charge >= 0.3 is 0 Å². The fourth-order valence-electron chi connectivity index (χ4n) is 2.95. The molecule has 6 nitrogen and oxygen atoms in total. The smallest absolute Gasteiger partial charge is 0.265 e. The number of benzene rings is 2. The van der Waals surface area contributed by atoms with E-state index >= 15 is 0 Å². The second-order valence-electron chi connectivity index (χ2n) is 6.10. The summed E-state index contributed by atoms with van der Waals surface area (Å²) in [6.07, 6.45) is 0.252. The molecule has 138 valence electrons. The highest BCUT2D eigenvalue weighted by atomic mass is 35.5. The summed E-state index contributed by atoms with van der Waals surface area (Å²) in [5.41, 5.74) is 0.977. The monoisotopic (exact) mass is 383 g/mol. The lowest BCUT2D eigenvalue weighted by Gasteiger charge is -2.19. The molecule has 7 heteroatoms. The summed E-state index contributed by atoms with van der Waals surface area (Å²) >= 11 is 5.96. The third kappa shape index (κ3) is 3.90. The number of fused-ring (bicyclic) bond motifs is 1. The van der Waals surface area contributed by atoms with Crippen LogP contribution in [0.25, 0.3) is 16.6 Å². The van der Waals surface area contributed by atoms with Gasteiger partial charge in [-0.15, -0.1) is 0 Å². The molecule has 0 atom stereocenters. The molecule has 1 aromatic heterocycles. The number of imide groups is 1. The minimum absolute atomic E-state index is 0.142. The number of hydrogen-bond donors (Lipinski definition) is 0. The van der Waals surface area contributed by atoms with Crippen molar-refractivity contribution in [3.05, 3.63) is 69.7 Å². The predicted molar refractivity (Wildman–Crippen MR) is 104 cm³/mol. The highest BCUT2D eigenvalue weighted by Crippen LogP contribution is 2.16. The topological polar surface area (TPSA) is 72.3 Å². The Kier molecular flexibility index (Phi) is 5.37. The fourth-order valence-corrected chi connectivity index (χ4v) is 3.08. The van der Waals surface area contributed by atoms with Crippen molar-refractivity contribution in [1.29, 1.82) is 0 Å². The second kappa shape index (κ2) is 7.72.